The van der Waals surface area contributed by atoms with Crippen molar-refractivity contribution in [1.82, 2.24) is 9.47 Å². The molecular formula is C20H19N3O3S2. The van der Waals surface area contributed by atoms with Crippen LogP contribution >= 0.6 is 24.0 Å². The van der Waals surface area contributed by atoms with E-state index in [-0.39, 0.29) is 11.6 Å². The van der Waals surface area contributed by atoms with Gasteiger partial charge in [0.2, 0.25) is 0 Å². The number of hydrogen-bond donors (Lipinski definition) is 0. The van der Waals surface area contributed by atoms with E-state index in [2.05, 4.69) is 6.58 Å². The van der Waals surface area contributed by atoms with E-state index < -0.39 is 4.92 Å². The van der Waals surface area contributed by atoms with Crippen LogP contribution in [0.1, 0.15) is 22.5 Å². The average molecular weight is 414 g/mol. The third kappa shape index (κ3) is 3.53. The van der Waals surface area contributed by atoms with Gasteiger partial charge >= 0.3 is 0 Å². The maximum atomic E-state index is 12.6. The van der Waals surface area contributed by atoms with Gasteiger partial charge < -0.3 is 4.57 Å². The second-order valence-electron chi connectivity index (χ2n) is 6.47. The van der Waals surface area contributed by atoms with Crippen molar-refractivity contribution in [2.45, 2.75) is 20.8 Å². The first-order valence-corrected chi connectivity index (χ1v) is 9.77. The van der Waals surface area contributed by atoms with Crippen LogP contribution in [-0.4, -0.2) is 31.2 Å². The van der Waals surface area contributed by atoms with Crippen LogP contribution in [0.2, 0.25) is 0 Å². The van der Waals surface area contributed by atoms with Crippen molar-refractivity contribution in [2.24, 2.45) is 0 Å². The fourth-order valence-electron chi connectivity index (χ4n) is 3.24. The highest BCUT2D eigenvalue weighted by Crippen LogP contribution is 2.34. The quantitative estimate of drug-likeness (QED) is 0.234. The number of benzene rings is 1. The number of amides is 1. The number of aromatic nitrogens is 1. The molecule has 1 aromatic heterocycles. The van der Waals surface area contributed by atoms with Gasteiger partial charge in [0.05, 0.1) is 9.83 Å². The number of thiocarbonyl (C=S) groups is 1. The third-order valence-electron chi connectivity index (χ3n) is 4.57. The molecule has 1 saturated heterocycles. The molecule has 0 saturated carbocycles. The first kappa shape index (κ1) is 20.0. The largest absolute Gasteiger partial charge is 0.318 e. The van der Waals surface area contributed by atoms with Gasteiger partial charge in [-0.25, -0.2) is 0 Å². The molecule has 0 unspecified atom stereocenters. The number of nitro groups is 1. The van der Waals surface area contributed by atoms with Crippen LogP contribution in [0.25, 0.3) is 11.8 Å². The minimum absolute atomic E-state index is 0.0647. The summed E-state index contributed by atoms with van der Waals surface area (Å²) in [5.41, 5.74) is 4.58. The van der Waals surface area contributed by atoms with Gasteiger partial charge in [0.1, 0.15) is 4.32 Å². The fourth-order valence-corrected chi connectivity index (χ4v) is 4.50. The van der Waals surface area contributed by atoms with Crippen molar-refractivity contribution in [2.75, 3.05) is 6.54 Å². The predicted molar refractivity (Wildman–Crippen MR) is 117 cm³/mol. The van der Waals surface area contributed by atoms with Gasteiger partial charge in [0, 0.05) is 35.8 Å². The average Bonchev–Trinajstić information content (AvgIpc) is 3.05. The molecule has 144 valence electrons. The summed E-state index contributed by atoms with van der Waals surface area (Å²) in [5, 5.41) is 11.0. The molecule has 1 aromatic carbocycles. The lowest BCUT2D eigenvalue weighted by atomic mass is 10.1. The molecule has 6 nitrogen and oxygen atoms in total. The number of thioether (sulfide) groups is 1. The molecule has 2 heterocycles. The third-order valence-corrected chi connectivity index (χ3v) is 5.95. The summed E-state index contributed by atoms with van der Waals surface area (Å²) in [6, 6.07) is 6.81. The zero-order valence-corrected chi connectivity index (χ0v) is 17.4. The van der Waals surface area contributed by atoms with Crippen LogP contribution in [0.4, 0.5) is 5.69 Å². The van der Waals surface area contributed by atoms with Gasteiger partial charge in [0.25, 0.3) is 11.6 Å². The summed E-state index contributed by atoms with van der Waals surface area (Å²) in [4.78, 5) is 25.3. The Hall–Kier alpha value is -2.71. The fraction of sp³-hybridized carbons (Fsp3) is 0.200. The first-order chi connectivity index (χ1) is 13.2. The zero-order chi connectivity index (χ0) is 20.6. The Balaban J connectivity index is 2.02. The summed E-state index contributed by atoms with van der Waals surface area (Å²) >= 11 is 6.57. The maximum Gasteiger partial charge on any atom is 0.269 e. The standard InChI is InChI=1S/C20H19N3O3S2/c1-5-8-21-19(24)18(28-20(21)27)11-15-10-13(3)22(14(15)4)17-7-6-16(23(25)26)9-12(17)2/h5-7,9-11H,1,8H2,2-4H3/b18-11-. The van der Waals surface area contributed by atoms with Crippen LogP contribution in [0.3, 0.4) is 0 Å². The van der Waals surface area contributed by atoms with Crippen molar-refractivity contribution < 1.29 is 9.72 Å². The summed E-state index contributed by atoms with van der Waals surface area (Å²) in [6.45, 7) is 9.83. The van der Waals surface area contributed by atoms with E-state index in [1.54, 1.807) is 18.2 Å². The molecule has 1 aliphatic heterocycles. The van der Waals surface area contributed by atoms with Crippen LogP contribution in [0, 0.1) is 30.9 Å². The number of rotatable bonds is 5. The lowest BCUT2D eigenvalue weighted by Crippen LogP contribution is -2.27. The highest BCUT2D eigenvalue weighted by Gasteiger charge is 2.31. The van der Waals surface area contributed by atoms with Crippen molar-refractivity contribution in [3.63, 3.8) is 0 Å². The molecule has 8 heteroatoms. The van der Waals surface area contributed by atoms with E-state index >= 15 is 0 Å². The summed E-state index contributed by atoms with van der Waals surface area (Å²) < 4.78 is 2.56. The molecule has 0 N–H and O–H groups in total. The highest BCUT2D eigenvalue weighted by molar-refractivity contribution is 8.26. The van der Waals surface area contributed by atoms with Crippen LogP contribution in [0.15, 0.2) is 41.8 Å². The number of non-ortho nitro benzene ring substituents is 1. The van der Waals surface area contributed by atoms with Gasteiger partial charge in [-0.05, 0) is 50.1 Å². The molecule has 0 spiro atoms. The molecule has 0 bridgehead atoms. The second-order valence-corrected chi connectivity index (χ2v) is 8.15. The minimum Gasteiger partial charge on any atom is -0.318 e. The zero-order valence-electron chi connectivity index (χ0n) is 15.8. The minimum atomic E-state index is -0.400. The highest BCUT2D eigenvalue weighted by atomic mass is 32.2. The maximum absolute atomic E-state index is 12.6. The lowest BCUT2D eigenvalue weighted by Gasteiger charge is -2.12. The number of nitro benzene ring substituents is 1. The number of carbonyl (C=O) groups is 1. The summed E-state index contributed by atoms with van der Waals surface area (Å²) in [5.74, 6) is -0.119. The Morgan fingerprint density at radius 1 is 1.29 bits per heavy atom. The van der Waals surface area contributed by atoms with E-state index in [0.717, 1.165) is 28.2 Å². The molecule has 3 rings (SSSR count). The normalized spacial score (nSPS) is 15.5. The van der Waals surface area contributed by atoms with Crippen molar-refractivity contribution >= 4 is 46.0 Å². The Morgan fingerprint density at radius 3 is 2.61 bits per heavy atom. The van der Waals surface area contributed by atoms with Crippen LogP contribution in [0.5, 0.6) is 0 Å². The molecule has 1 fully saturated rings. The second kappa shape index (κ2) is 7.73. The molecule has 0 atom stereocenters. The topological polar surface area (TPSA) is 68.4 Å². The summed E-state index contributed by atoms with van der Waals surface area (Å²) in [6.07, 6.45) is 3.50. The number of carbonyl (C=O) groups excluding carboxylic acids is 1. The van der Waals surface area contributed by atoms with Gasteiger partial charge in [-0.2, -0.15) is 0 Å². The Kier molecular flexibility index (Phi) is 5.53. The van der Waals surface area contributed by atoms with Crippen LogP contribution in [-0.2, 0) is 4.79 Å². The Morgan fingerprint density at radius 2 is 2.00 bits per heavy atom. The smallest absolute Gasteiger partial charge is 0.269 e. The van der Waals surface area contributed by atoms with Gasteiger partial charge in [-0.3, -0.25) is 19.8 Å². The van der Waals surface area contributed by atoms with E-state index in [0.29, 0.717) is 15.8 Å². The number of hydrogen-bond acceptors (Lipinski definition) is 5. The first-order valence-electron chi connectivity index (χ1n) is 8.55. The van der Waals surface area contributed by atoms with Crippen molar-refractivity contribution in [3.05, 3.63) is 74.5 Å². The predicted octanol–water partition coefficient (Wildman–Crippen LogP) is 4.70. The van der Waals surface area contributed by atoms with Crippen LogP contribution < -0.4 is 0 Å². The van der Waals surface area contributed by atoms with Gasteiger partial charge in [0.15, 0.2) is 0 Å². The monoisotopic (exact) mass is 413 g/mol. The van der Waals surface area contributed by atoms with Gasteiger partial charge in [-0.1, -0.05) is 30.1 Å². The summed E-state index contributed by atoms with van der Waals surface area (Å²) in [7, 11) is 0. The van der Waals surface area contributed by atoms with Crippen molar-refractivity contribution in [3.8, 4) is 5.69 Å². The molecule has 1 amide bonds. The Bertz CT molecular complexity index is 1050. The number of nitrogens with zero attached hydrogens (tertiary/aromatic N) is 3. The van der Waals surface area contributed by atoms with E-state index in [4.69, 9.17) is 12.2 Å². The molecule has 0 aliphatic carbocycles. The number of aryl methyl sites for hydroxylation is 2. The molecule has 0 radical (unpaired) electrons. The van der Waals surface area contributed by atoms with Gasteiger partial charge in [-0.15, -0.1) is 6.58 Å². The molecule has 28 heavy (non-hydrogen) atoms. The van der Waals surface area contributed by atoms with E-state index in [1.807, 2.05) is 37.5 Å². The molecule has 1 aliphatic rings. The molecular weight excluding hydrogens is 394 g/mol. The lowest BCUT2D eigenvalue weighted by molar-refractivity contribution is -0.384. The van der Waals surface area contributed by atoms with E-state index in [9.17, 15) is 14.9 Å². The SMILES string of the molecule is C=CCN1C(=O)/C(=C/c2cc(C)n(-c3ccc([N+](=O)[O-])cc3C)c2C)SC1=S. The van der Waals surface area contributed by atoms with E-state index in [1.165, 1.54) is 22.7 Å². The molecule has 2 aromatic rings. The van der Waals surface area contributed by atoms with Crippen molar-refractivity contribution in [1.29, 1.82) is 0 Å². The Labute approximate surface area is 172 Å².